The molecule has 1 aromatic carbocycles. The molecule has 0 unspecified atom stereocenters. The summed E-state index contributed by atoms with van der Waals surface area (Å²) in [7, 11) is 0. The molecule has 0 radical (unpaired) electrons. The lowest BCUT2D eigenvalue weighted by Gasteiger charge is -2.16. The van der Waals surface area contributed by atoms with Gasteiger partial charge in [0.1, 0.15) is 5.75 Å². The van der Waals surface area contributed by atoms with Crippen LogP contribution in [0, 0.1) is 0 Å². The predicted octanol–water partition coefficient (Wildman–Crippen LogP) is 2.13. The summed E-state index contributed by atoms with van der Waals surface area (Å²) in [6.07, 6.45) is 2.34. The molecule has 0 saturated carbocycles. The van der Waals surface area contributed by atoms with Gasteiger partial charge >= 0.3 is 0 Å². The highest BCUT2D eigenvalue weighted by Gasteiger charge is 2.20. The first-order valence-corrected chi connectivity index (χ1v) is 4.62. The molecule has 0 fully saturated rings. The standard InChI is InChI=1S/C11H9NO2/c13-10-4-6-14-11-7-3-5-12-9(7)2-1-8(10)11/h1-3,5,12H,4,6H2. The molecule has 0 saturated heterocycles. The van der Waals surface area contributed by atoms with Crippen LogP contribution in [0.15, 0.2) is 24.4 Å². The van der Waals surface area contributed by atoms with Gasteiger partial charge in [-0.05, 0) is 18.2 Å². The van der Waals surface area contributed by atoms with Crippen molar-refractivity contribution < 1.29 is 9.53 Å². The van der Waals surface area contributed by atoms with E-state index in [0.29, 0.717) is 18.6 Å². The summed E-state index contributed by atoms with van der Waals surface area (Å²) in [4.78, 5) is 14.7. The highest BCUT2D eigenvalue weighted by molar-refractivity contribution is 6.05. The molecule has 0 aliphatic carbocycles. The second-order valence-electron chi connectivity index (χ2n) is 3.40. The lowest BCUT2D eigenvalue weighted by molar-refractivity contribution is 0.0935. The van der Waals surface area contributed by atoms with Gasteiger partial charge in [-0.3, -0.25) is 4.79 Å². The Kier molecular flexibility index (Phi) is 1.42. The van der Waals surface area contributed by atoms with Crippen LogP contribution in [0.1, 0.15) is 16.8 Å². The number of carbonyl (C=O) groups excluding carboxylic acids is 1. The quantitative estimate of drug-likeness (QED) is 0.686. The molecular weight excluding hydrogens is 178 g/mol. The Morgan fingerprint density at radius 2 is 2.21 bits per heavy atom. The van der Waals surface area contributed by atoms with Crippen molar-refractivity contribution in [3.05, 3.63) is 30.0 Å². The fourth-order valence-corrected chi connectivity index (χ4v) is 1.86. The van der Waals surface area contributed by atoms with Crippen LogP contribution in [-0.4, -0.2) is 17.4 Å². The number of ketones is 1. The van der Waals surface area contributed by atoms with Gasteiger partial charge in [0.05, 0.1) is 12.2 Å². The van der Waals surface area contributed by atoms with Gasteiger partial charge in [0.25, 0.3) is 0 Å². The number of Topliss-reactive ketones (excluding diaryl/α,β-unsaturated/α-hetero) is 1. The van der Waals surface area contributed by atoms with Crippen LogP contribution < -0.4 is 4.74 Å². The van der Waals surface area contributed by atoms with Crippen LogP contribution in [0.5, 0.6) is 5.75 Å². The smallest absolute Gasteiger partial charge is 0.170 e. The van der Waals surface area contributed by atoms with Gasteiger partial charge in [0.15, 0.2) is 5.78 Å². The molecule has 2 aromatic rings. The second kappa shape index (κ2) is 2.61. The molecule has 1 aromatic heterocycles. The van der Waals surface area contributed by atoms with E-state index in [0.717, 1.165) is 16.7 Å². The molecule has 3 heteroatoms. The molecular formula is C11H9NO2. The Bertz CT molecular complexity index is 513. The third-order valence-corrected chi connectivity index (χ3v) is 2.56. The minimum absolute atomic E-state index is 0.175. The van der Waals surface area contributed by atoms with Crippen molar-refractivity contribution in [1.82, 2.24) is 4.98 Å². The van der Waals surface area contributed by atoms with Crippen LogP contribution in [0.4, 0.5) is 0 Å². The first-order chi connectivity index (χ1) is 6.86. The number of ether oxygens (including phenoxy) is 1. The number of hydrogen-bond acceptors (Lipinski definition) is 2. The van der Waals surface area contributed by atoms with Crippen LogP contribution in [0.2, 0.25) is 0 Å². The Labute approximate surface area is 80.7 Å². The van der Waals surface area contributed by atoms with Gasteiger partial charge in [-0.1, -0.05) is 0 Å². The zero-order chi connectivity index (χ0) is 9.54. The number of hydrogen-bond donors (Lipinski definition) is 1. The van der Waals surface area contributed by atoms with Crippen LogP contribution in [0.25, 0.3) is 10.9 Å². The average molecular weight is 187 g/mol. The summed E-state index contributed by atoms with van der Waals surface area (Å²) in [6.45, 7) is 0.496. The van der Waals surface area contributed by atoms with Crippen molar-refractivity contribution in [2.75, 3.05) is 6.61 Å². The van der Waals surface area contributed by atoms with Gasteiger partial charge in [-0.2, -0.15) is 0 Å². The molecule has 70 valence electrons. The monoisotopic (exact) mass is 187 g/mol. The third-order valence-electron chi connectivity index (χ3n) is 2.56. The summed E-state index contributed by atoms with van der Waals surface area (Å²) in [6, 6.07) is 5.68. The first kappa shape index (κ1) is 7.62. The van der Waals surface area contributed by atoms with Crippen molar-refractivity contribution in [1.29, 1.82) is 0 Å². The van der Waals surface area contributed by atoms with E-state index in [1.807, 2.05) is 24.4 Å². The van der Waals surface area contributed by atoms with E-state index in [2.05, 4.69) is 4.98 Å². The number of fused-ring (bicyclic) bond motifs is 3. The molecule has 0 atom stereocenters. The first-order valence-electron chi connectivity index (χ1n) is 4.62. The molecule has 0 amide bonds. The van der Waals surface area contributed by atoms with Crippen LogP contribution >= 0.6 is 0 Å². The largest absolute Gasteiger partial charge is 0.492 e. The molecule has 14 heavy (non-hydrogen) atoms. The summed E-state index contributed by atoms with van der Waals surface area (Å²) in [5, 5.41) is 0.996. The van der Waals surface area contributed by atoms with E-state index < -0.39 is 0 Å². The fraction of sp³-hybridized carbons (Fsp3) is 0.182. The Morgan fingerprint density at radius 1 is 1.29 bits per heavy atom. The lowest BCUT2D eigenvalue weighted by Crippen LogP contribution is -2.15. The molecule has 0 spiro atoms. The highest BCUT2D eigenvalue weighted by atomic mass is 16.5. The minimum atomic E-state index is 0.175. The normalized spacial score (nSPS) is 15.3. The van der Waals surface area contributed by atoms with Gasteiger partial charge in [-0.25, -0.2) is 0 Å². The zero-order valence-corrected chi connectivity index (χ0v) is 7.54. The van der Waals surface area contributed by atoms with Crippen molar-refractivity contribution >= 4 is 16.7 Å². The number of aromatic nitrogens is 1. The summed E-state index contributed by atoms with van der Waals surface area (Å²) in [5.74, 6) is 0.911. The minimum Gasteiger partial charge on any atom is -0.492 e. The molecule has 1 aliphatic heterocycles. The molecule has 1 N–H and O–H groups in total. The number of nitrogens with one attached hydrogen (secondary N) is 1. The van der Waals surface area contributed by atoms with Crippen molar-refractivity contribution in [3.63, 3.8) is 0 Å². The van der Waals surface area contributed by atoms with Crippen LogP contribution in [-0.2, 0) is 0 Å². The lowest BCUT2D eigenvalue weighted by atomic mass is 10.0. The highest BCUT2D eigenvalue weighted by Crippen LogP contribution is 2.32. The maximum Gasteiger partial charge on any atom is 0.170 e. The molecule has 1 aliphatic rings. The van der Waals surface area contributed by atoms with E-state index in [-0.39, 0.29) is 5.78 Å². The van der Waals surface area contributed by atoms with Crippen LogP contribution in [0.3, 0.4) is 0 Å². The number of H-pyrrole nitrogens is 1. The van der Waals surface area contributed by atoms with Gasteiger partial charge in [0.2, 0.25) is 0 Å². The van der Waals surface area contributed by atoms with E-state index in [1.165, 1.54) is 0 Å². The number of aromatic amines is 1. The topological polar surface area (TPSA) is 42.1 Å². The predicted molar refractivity (Wildman–Crippen MR) is 52.7 cm³/mol. The number of benzene rings is 1. The number of rotatable bonds is 0. The van der Waals surface area contributed by atoms with E-state index in [1.54, 1.807) is 0 Å². The van der Waals surface area contributed by atoms with E-state index in [4.69, 9.17) is 4.74 Å². The molecule has 3 nitrogen and oxygen atoms in total. The maximum atomic E-state index is 11.6. The zero-order valence-electron chi connectivity index (χ0n) is 7.54. The fourth-order valence-electron chi connectivity index (χ4n) is 1.86. The number of carbonyl (C=O) groups is 1. The average Bonchev–Trinajstić information content (AvgIpc) is 2.66. The van der Waals surface area contributed by atoms with E-state index >= 15 is 0 Å². The van der Waals surface area contributed by atoms with Gasteiger partial charge in [0, 0.05) is 23.5 Å². The Morgan fingerprint density at radius 3 is 3.14 bits per heavy atom. The second-order valence-corrected chi connectivity index (χ2v) is 3.40. The summed E-state index contributed by atoms with van der Waals surface area (Å²) >= 11 is 0. The Hall–Kier alpha value is -1.77. The summed E-state index contributed by atoms with van der Waals surface area (Å²) in [5.41, 5.74) is 1.72. The summed E-state index contributed by atoms with van der Waals surface area (Å²) < 4.78 is 5.52. The Balaban J connectivity index is 2.38. The molecule has 0 bridgehead atoms. The third kappa shape index (κ3) is 0.894. The SMILES string of the molecule is O=C1CCOc2c1ccc1[nH]ccc21. The molecule has 3 rings (SSSR count). The molecule has 2 heterocycles. The van der Waals surface area contributed by atoms with Crippen molar-refractivity contribution in [2.45, 2.75) is 6.42 Å². The maximum absolute atomic E-state index is 11.6. The van der Waals surface area contributed by atoms with Crippen molar-refractivity contribution in [3.8, 4) is 5.75 Å². The van der Waals surface area contributed by atoms with Gasteiger partial charge < -0.3 is 9.72 Å². The van der Waals surface area contributed by atoms with Gasteiger partial charge in [-0.15, -0.1) is 0 Å². The van der Waals surface area contributed by atoms with E-state index in [9.17, 15) is 4.79 Å². The van der Waals surface area contributed by atoms with Crippen molar-refractivity contribution in [2.24, 2.45) is 0 Å².